The summed E-state index contributed by atoms with van der Waals surface area (Å²) in [5.74, 6) is 0.727. The van der Waals surface area contributed by atoms with Crippen molar-refractivity contribution in [2.75, 3.05) is 18.4 Å². The van der Waals surface area contributed by atoms with Crippen molar-refractivity contribution in [3.8, 4) is 0 Å². The van der Waals surface area contributed by atoms with E-state index in [1.165, 1.54) is 12.8 Å². The van der Waals surface area contributed by atoms with E-state index in [9.17, 15) is 9.59 Å². The third kappa shape index (κ3) is 4.56. The molecule has 2 fully saturated rings. The average Bonchev–Trinajstić information content (AvgIpc) is 3.24. The van der Waals surface area contributed by atoms with Gasteiger partial charge in [0, 0.05) is 25.1 Å². The largest absolute Gasteiger partial charge is 0.444 e. The van der Waals surface area contributed by atoms with Crippen molar-refractivity contribution in [1.29, 1.82) is 0 Å². The number of nitrogens with zero attached hydrogens (tertiary/aromatic N) is 3. The maximum atomic E-state index is 12.7. The van der Waals surface area contributed by atoms with E-state index in [0.29, 0.717) is 32.0 Å². The molecule has 1 aliphatic heterocycles. The van der Waals surface area contributed by atoms with Crippen LogP contribution in [0.4, 0.5) is 10.6 Å². The number of piperidine rings is 1. The lowest BCUT2D eigenvalue weighted by atomic mass is 9.96. The molecule has 26 heavy (non-hydrogen) atoms. The molecule has 0 atom stereocenters. The number of anilines is 1. The fourth-order valence-corrected chi connectivity index (χ4v) is 3.73. The highest BCUT2D eigenvalue weighted by molar-refractivity contribution is 5.92. The molecule has 144 valence electrons. The number of ether oxygens (including phenoxy) is 1. The number of carbonyl (C=O) groups is 2. The summed E-state index contributed by atoms with van der Waals surface area (Å²) in [4.78, 5) is 26.5. The highest BCUT2D eigenvalue weighted by Gasteiger charge is 2.30. The minimum Gasteiger partial charge on any atom is -0.444 e. The standard InChI is InChI=1S/C19H30N4O3/c1-19(2,3)26-18(25)22-12-9-14(10-13-22)17(24)21-16-8-11-20-23(16)15-6-4-5-7-15/h8,11,14-15H,4-7,9-10,12-13H2,1-3H3,(H,21,24). The summed E-state index contributed by atoms with van der Waals surface area (Å²) in [5, 5.41) is 7.44. The lowest BCUT2D eigenvalue weighted by molar-refractivity contribution is -0.121. The molecule has 2 aliphatic rings. The number of aromatic nitrogens is 2. The van der Waals surface area contributed by atoms with Crippen LogP contribution in [0.1, 0.15) is 65.3 Å². The maximum Gasteiger partial charge on any atom is 0.410 e. The molecule has 1 aromatic heterocycles. The van der Waals surface area contributed by atoms with Gasteiger partial charge in [0.25, 0.3) is 0 Å². The summed E-state index contributed by atoms with van der Waals surface area (Å²) in [6.07, 6.45) is 7.46. The molecule has 2 amide bonds. The minimum absolute atomic E-state index is 0.0218. The molecular formula is C19H30N4O3. The molecule has 0 radical (unpaired) electrons. The van der Waals surface area contributed by atoms with Crippen molar-refractivity contribution in [1.82, 2.24) is 14.7 Å². The first-order valence-corrected chi connectivity index (χ1v) is 9.66. The summed E-state index contributed by atoms with van der Waals surface area (Å²) >= 11 is 0. The topological polar surface area (TPSA) is 76.5 Å². The first-order valence-electron chi connectivity index (χ1n) is 9.66. The quantitative estimate of drug-likeness (QED) is 0.891. The molecule has 7 nitrogen and oxygen atoms in total. The Hall–Kier alpha value is -2.05. The van der Waals surface area contributed by atoms with Gasteiger partial charge in [-0.1, -0.05) is 12.8 Å². The molecule has 7 heteroatoms. The molecule has 1 saturated carbocycles. The Balaban J connectivity index is 1.51. The molecule has 0 spiro atoms. The van der Waals surface area contributed by atoms with Gasteiger partial charge in [-0.3, -0.25) is 4.79 Å². The summed E-state index contributed by atoms with van der Waals surface area (Å²) in [7, 11) is 0. The maximum absolute atomic E-state index is 12.7. The molecule has 2 heterocycles. The van der Waals surface area contributed by atoms with E-state index in [2.05, 4.69) is 10.4 Å². The van der Waals surface area contributed by atoms with Crippen LogP contribution in [0.25, 0.3) is 0 Å². The number of rotatable bonds is 3. The second-order valence-electron chi connectivity index (χ2n) is 8.33. The van der Waals surface area contributed by atoms with E-state index in [-0.39, 0.29) is 17.9 Å². The Bertz CT molecular complexity index is 635. The van der Waals surface area contributed by atoms with Gasteiger partial charge >= 0.3 is 6.09 Å². The van der Waals surface area contributed by atoms with Crippen molar-refractivity contribution >= 4 is 17.8 Å². The van der Waals surface area contributed by atoms with Gasteiger partial charge < -0.3 is 15.0 Å². The molecule has 1 aliphatic carbocycles. The molecular weight excluding hydrogens is 332 g/mol. The van der Waals surface area contributed by atoms with Gasteiger partial charge in [0.15, 0.2) is 0 Å². The predicted molar refractivity (Wildman–Crippen MR) is 98.9 cm³/mol. The summed E-state index contributed by atoms with van der Waals surface area (Å²) in [5.41, 5.74) is -0.496. The van der Waals surface area contributed by atoms with Crippen molar-refractivity contribution < 1.29 is 14.3 Å². The Morgan fingerprint density at radius 2 is 1.81 bits per heavy atom. The van der Waals surface area contributed by atoms with Crippen LogP contribution in [0.2, 0.25) is 0 Å². The van der Waals surface area contributed by atoms with Crippen molar-refractivity contribution in [2.45, 2.75) is 70.9 Å². The molecule has 1 aromatic rings. The van der Waals surface area contributed by atoms with Crippen molar-refractivity contribution in [3.63, 3.8) is 0 Å². The summed E-state index contributed by atoms with van der Waals surface area (Å²) in [6.45, 7) is 6.68. The summed E-state index contributed by atoms with van der Waals surface area (Å²) in [6, 6.07) is 2.26. The Morgan fingerprint density at radius 3 is 2.42 bits per heavy atom. The lowest BCUT2D eigenvalue weighted by Gasteiger charge is -2.33. The van der Waals surface area contributed by atoms with Crippen LogP contribution in [-0.2, 0) is 9.53 Å². The van der Waals surface area contributed by atoms with E-state index in [1.54, 1.807) is 11.1 Å². The average molecular weight is 362 g/mol. The van der Waals surface area contributed by atoms with Crippen molar-refractivity contribution in [3.05, 3.63) is 12.3 Å². The zero-order valence-electron chi connectivity index (χ0n) is 16.0. The van der Waals surface area contributed by atoms with Crippen LogP contribution in [0.3, 0.4) is 0 Å². The fourth-order valence-electron chi connectivity index (χ4n) is 3.73. The molecule has 3 rings (SSSR count). The van der Waals surface area contributed by atoms with Gasteiger partial charge in [-0.2, -0.15) is 5.10 Å². The number of carbonyl (C=O) groups excluding carboxylic acids is 2. The van der Waals surface area contributed by atoms with Gasteiger partial charge in [0.1, 0.15) is 11.4 Å². The number of nitrogens with one attached hydrogen (secondary N) is 1. The Labute approximate surface area is 155 Å². The van der Waals surface area contributed by atoms with Crippen LogP contribution in [0.5, 0.6) is 0 Å². The van der Waals surface area contributed by atoms with Crippen molar-refractivity contribution in [2.24, 2.45) is 5.92 Å². The van der Waals surface area contributed by atoms with Gasteiger partial charge in [-0.25, -0.2) is 9.48 Å². The third-order valence-corrected chi connectivity index (χ3v) is 5.11. The predicted octanol–water partition coefficient (Wildman–Crippen LogP) is 3.58. The van der Waals surface area contributed by atoms with Gasteiger partial charge in [-0.15, -0.1) is 0 Å². The first-order chi connectivity index (χ1) is 12.3. The smallest absolute Gasteiger partial charge is 0.410 e. The Kier molecular flexibility index (Phi) is 5.53. The van der Waals surface area contributed by atoms with Crippen LogP contribution in [0, 0.1) is 5.92 Å². The molecule has 0 unspecified atom stereocenters. The molecule has 0 bridgehead atoms. The number of hydrogen-bond donors (Lipinski definition) is 1. The second-order valence-corrected chi connectivity index (χ2v) is 8.33. The zero-order chi connectivity index (χ0) is 18.7. The van der Waals surface area contributed by atoms with Gasteiger partial charge in [0.05, 0.1) is 12.2 Å². The SMILES string of the molecule is CC(C)(C)OC(=O)N1CCC(C(=O)Nc2ccnn2C2CCCC2)CC1. The minimum atomic E-state index is -0.496. The van der Waals surface area contributed by atoms with E-state index < -0.39 is 5.60 Å². The van der Waals surface area contributed by atoms with Crippen LogP contribution in [0.15, 0.2) is 12.3 Å². The van der Waals surface area contributed by atoms with Gasteiger partial charge in [-0.05, 0) is 46.5 Å². The molecule has 0 aromatic carbocycles. The number of likely N-dealkylation sites (tertiary alicyclic amines) is 1. The van der Waals surface area contributed by atoms with Crippen LogP contribution in [-0.4, -0.2) is 45.4 Å². The number of amides is 2. The normalized spacial score (nSPS) is 19.6. The molecule has 1 saturated heterocycles. The second kappa shape index (κ2) is 7.68. The lowest BCUT2D eigenvalue weighted by Crippen LogP contribution is -2.43. The van der Waals surface area contributed by atoms with E-state index in [4.69, 9.17) is 4.74 Å². The van der Waals surface area contributed by atoms with Gasteiger partial charge in [0.2, 0.25) is 5.91 Å². The van der Waals surface area contributed by atoms with E-state index in [1.807, 2.05) is 31.5 Å². The highest BCUT2D eigenvalue weighted by atomic mass is 16.6. The number of hydrogen-bond acceptors (Lipinski definition) is 4. The monoisotopic (exact) mass is 362 g/mol. The highest BCUT2D eigenvalue weighted by Crippen LogP contribution is 2.31. The zero-order valence-corrected chi connectivity index (χ0v) is 16.0. The molecule has 1 N–H and O–H groups in total. The van der Waals surface area contributed by atoms with E-state index in [0.717, 1.165) is 18.7 Å². The fraction of sp³-hybridized carbons (Fsp3) is 0.737. The van der Waals surface area contributed by atoms with Crippen LogP contribution < -0.4 is 5.32 Å². The summed E-state index contributed by atoms with van der Waals surface area (Å²) < 4.78 is 7.36. The Morgan fingerprint density at radius 1 is 1.15 bits per heavy atom. The first kappa shape index (κ1) is 18.7. The van der Waals surface area contributed by atoms with Crippen LogP contribution >= 0.6 is 0 Å². The third-order valence-electron chi connectivity index (χ3n) is 5.11. The van der Waals surface area contributed by atoms with E-state index >= 15 is 0 Å².